The number of hydrogen-bond donors (Lipinski definition) is 2. The summed E-state index contributed by atoms with van der Waals surface area (Å²) in [5.74, 6) is 0. The van der Waals surface area contributed by atoms with Crippen molar-refractivity contribution in [3.05, 3.63) is 24.0 Å². The Labute approximate surface area is 91.1 Å². The summed E-state index contributed by atoms with van der Waals surface area (Å²) in [5.41, 5.74) is 8.20. The summed E-state index contributed by atoms with van der Waals surface area (Å²) in [6.07, 6.45) is 6.79. The van der Waals surface area contributed by atoms with E-state index in [9.17, 15) is 0 Å². The van der Waals surface area contributed by atoms with E-state index in [2.05, 4.69) is 16.4 Å². The maximum atomic E-state index is 5.88. The summed E-state index contributed by atoms with van der Waals surface area (Å²) in [6, 6.07) is 4.10. The van der Waals surface area contributed by atoms with Crippen LogP contribution in [-0.4, -0.2) is 17.1 Å². The zero-order valence-corrected chi connectivity index (χ0v) is 9.29. The van der Waals surface area contributed by atoms with Crippen LogP contribution in [0.3, 0.4) is 0 Å². The van der Waals surface area contributed by atoms with E-state index in [1.807, 2.05) is 19.2 Å². The summed E-state index contributed by atoms with van der Waals surface area (Å²) < 4.78 is 0. The summed E-state index contributed by atoms with van der Waals surface area (Å²) in [5, 5.41) is 3.58. The molecule has 1 aromatic rings. The first-order valence-corrected chi connectivity index (χ1v) is 5.65. The van der Waals surface area contributed by atoms with Crippen molar-refractivity contribution in [1.29, 1.82) is 0 Å². The summed E-state index contributed by atoms with van der Waals surface area (Å²) in [4.78, 5) is 4.19. The molecule has 3 heteroatoms. The number of aromatic nitrogens is 1. The Morgan fingerprint density at radius 1 is 1.47 bits per heavy atom. The molecule has 1 aliphatic rings. The van der Waals surface area contributed by atoms with Crippen LogP contribution < -0.4 is 11.1 Å². The predicted molar refractivity (Wildman–Crippen MR) is 62.9 cm³/mol. The molecule has 82 valence electrons. The normalized spacial score (nSPS) is 19.1. The van der Waals surface area contributed by atoms with Crippen LogP contribution in [0.2, 0.25) is 0 Å². The molecule has 3 N–H and O–H groups in total. The zero-order valence-electron chi connectivity index (χ0n) is 9.29. The second-order valence-electron chi connectivity index (χ2n) is 4.50. The Morgan fingerprint density at radius 2 is 2.20 bits per heavy atom. The molecule has 1 saturated carbocycles. The van der Waals surface area contributed by atoms with Crippen LogP contribution in [0, 0.1) is 6.92 Å². The quantitative estimate of drug-likeness (QED) is 0.794. The van der Waals surface area contributed by atoms with Crippen LogP contribution in [0.4, 0.5) is 5.69 Å². The second-order valence-corrected chi connectivity index (χ2v) is 4.50. The molecule has 1 heterocycles. The third-order valence-electron chi connectivity index (χ3n) is 3.26. The predicted octanol–water partition coefficient (Wildman–Crippen LogP) is 2.07. The molecule has 0 atom stereocenters. The SMILES string of the molecule is Cc1cc(NC2(CN)CCCC2)ccn1. The lowest BCUT2D eigenvalue weighted by Gasteiger charge is -2.30. The van der Waals surface area contributed by atoms with Crippen LogP contribution in [0.5, 0.6) is 0 Å². The molecule has 0 radical (unpaired) electrons. The minimum Gasteiger partial charge on any atom is -0.378 e. The van der Waals surface area contributed by atoms with Gasteiger partial charge in [-0.1, -0.05) is 12.8 Å². The highest BCUT2D eigenvalue weighted by atomic mass is 15.0. The van der Waals surface area contributed by atoms with Crippen molar-refractivity contribution >= 4 is 5.69 Å². The van der Waals surface area contributed by atoms with Crippen molar-refractivity contribution < 1.29 is 0 Å². The Bertz CT molecular complexity index is 329. The average molecular weight is 205 g/mol. The molecule has 15 heavy (non-hydrogen) atoms. The van der Waals surface area contributed by atoms with E-state index >= 15 is 0 Å². The fourth-order valence-electron chi connectivity index (χ4n) is 2.36. The highest BCUT2D eigenvalue weighted by Gasteiger charge is 2.31. The molecule has 1 aliphatic carbocycles. The monoisotopic (exact) mass is 205 g/mol. The fourth-order valence-corrected chi connectivity index (χ4v) is 2.36. The van der Waals surface area contributed by atoms with Crippen LogP contribution >= 0.6 is 0 Å². The molecular weight excluding hydrogens is 186 g/mol. The van der Waals surface area contributed by atoms with Gasteiger partial charge in [0.2, 0.25) is 0 Å². The number of anilines is 1. The lowest BCUT2D eigenvalue weighted by Crippen LogP contribution is -2.42. The molecule has 0 aliphatic heterocycles. The van der Waals surface area contributed by atoms with Gasteiger partial charge in [0.1, 0.15) is 0 Å². The molecule has 0 bridgehead atoms. The first-order chi connectivity index (χ1) is 7.24. The zero-order chi connectivity index (χ0) is 10.7. The first kappa shape index (κ1) is 10.4. The Hall–Kier alpha value is -1.09. The minimum atomic E-state index is 0.133. The van der Waals surface area contributed by atoms with Gasteiger partial charge in [-0.3, -0.25) is 4.98 Å². The number of rotatable bonds is 3. The lowest BCUT2D eigenvalue weighted by molar-refractivity contribution is 0.493. The highest BCUT2D eigenvalue weighted by Crippen LogP contribution is 2.32. The molecule has 0 saturated heterocycles. The van der Waals surface area contributed by atoms with E-state index < -0.39 is 0 Å². The first-order valence-electron chi connectivity index (χ1n) is 5.65. The van der Waals surface area contributed by atoms with Crippen molar-refractivity contribution in [1.82, 2.24) is 4.98 Å². The van der Waals surface area contributed by atoms with Gasteiger partial charge in [-0.25, -0.2) is 0 Å². The second kappa shape index (κ2) is 4.19. The van der Waals surface area contributed by atoms with E-state index in [0.717, 1.165) is 11.4 Å². The molecule has 1 fully saturated rings. The number of pyridine rings is 1. The van der Waals surface area contributed by atoms with Crippen LogP contribution in [0.25, 0.3) is 0 Å². The molecule has 0 amide bonds. The van der Waals surface area contributed by atoms with Crippen LogP contribution in [0.1, 0.15) is 31.4 Å². The smallest absolute Gasteiger partial charge is 0.0495 e. The average Bonchev–Trinajstić information content (AvgIpc) is 2.67. The number of nitrogens with two attached hydrogens (primary N) is 1. The van der Waals surface area contributed by atoms with Gasteiger partial charge in [-0.05, 0) is 31.9 Å². The molecule has 0 unspecified atom stereocenters. The van der Waals surface area contributed by atoms with Crippen LogP contribution in [0.15, 0.2) is 18.3 Å². The molecule has 0 spiro atoms. The van der Waals surface area contributed by atoms with Crippen LogP contribution in [-0.2, 0) is 0 Å². The van der Waals surface area contributed by atoms with E-state index in [1.165, 1.54) is 25.7 Å². The van der Waals surface area contributed by atoms with Crippen molar-refractivity contribution in [2.45, 2.75) is 38.1 Å². The van der Waals surface area contributed by atoms with Gasteiger partial charge >= 0.3 is 0 Å². The maximum Gasteiger partial charge on any atom is 0.0495 e. The van der Waals surface area contributed by atoms with Gasteiger partial charge < -0.3 is 11.1 Å². The Kier molecular flexibility index (Phi) is 2.91. The van der Waals surface area contributed by atoms with Gasteiger partial charge in [0, 0.05) is 29.7 Å². The summed E-state index contributed by atoms with van der Waals surface area (Å²) >= 11 is 0. The van der Waals surface area contributed by atoms with Crippen molar-refractivity contribution in [3.8, 4) is 0 Å². The van der Waals surface area contributed by atoms with Gasteiger partial charge in [-0.15, -0.1) is 0 Å². The third-order valence-corrected chi connectivity index (χ3v) is 3.26. The van der Waals surface area contributed by atoms with Crippen molar-refractivity contribution in [2.75, 3.05) is 11.9 Å². The Balaban J connectivity index is 2.12. The van der Waals surface area contributed by atoms with Gasteiger partial charge in [0.25, 0.3) is 0 Å². The van der Waals surface area contributed by atoms with Gasteiger partial charge in [-0.2, -0.15) is 0 Å². The molecular formula is C12H19N3. The molecule has 3 nitrogen and oxygen atoms in total. The molecule has 0 aromatic carbocycles. The van der Waals surface area contributed by atoms with E-state index in [-0.39, 0.29) is 5.54 Å². The van der Waals surface area contributed by atoms with Crippen molar-refractivity contribution in [2.24, 2.45) is 5.73 Å². The van der Waals surface area contributed by atoms with E-state index in [0.29, 0.717) is 6.54 Å². The molecule has 2 rings (SSSR count). The summed E-state index contributed by atoms with van der Waals surface area (Å²) in [7, 11) is 0. The summed E-state index contributed by atoms with van der Waals surface area (Å²) in [6.45, 7) is 2.73. The third kappa shape index (κ3) is 2.29. The number of aryl methyl sites for hydroxylation is 1. The highest BCUT2D eigenvalue weighted by molar-refractivity contribution is 5.46. The number of nitrogens with one attached hydrogen (secondary N) is 1. The number of nitrogens with zero attached hydrogens (tertiary/aromatic N) is 1. The van der Waals surface area contributed by atoms with Gasteiger partial charge in [0.15, 0.2) is 0 Å². The maximum absolute atomic E-state index is 5.88. The fraction of sp³-hybridized carbons (Fsp3) is 0.583. The largest absolute Gasteiger partial charge is 0.378 e. The molecule has 1 aromatic heterocycles. The standard InChI is InChI=1S/C12H19N3/c1-10-8-11(4-7-14-10)15-12(9-13)5-2-3-6-12/h4,7-8H,2-3,5-6,9,13H2,1H3,(H,14,15). The van der Waals surface area contributed by atoms with E-state index in [1.54, 1.807) is 0 Å². The minimum absolute atomic E-state index is 0.133. The van der Waals surface area contributed by atoms with E-state index in [4.69, 9.17) is 5.73 Å². The number of hydrogen-bond acceptors (Lipinski definition) is 3. The van der Waals surface area contributed by atoms with Gasteiger partial charge in [0.05, 0.1) is 0 Å². The van der Waals surface area contributed by atoms with Crippen molar-refractivity contribution in [3.63, 3.8) is 0 Å². The topological polar surface area (TPSA) is 50.9 Å². The lowest BCUT2D eigenvalue weighted by atomic mass is 9.97. The Morgan fingerprint density at radius 3 is 2.80 bits per heavy atom.